The van der Waals surface area contributed by atoms with Crippen LogP contribution in [0.5, 0.6) is 11.5 Å². The summed E-state index contributed by atoms with van der Waals surface area (Å²) in [4.78, 5) is 0. The lowest BCUT2D eigenvalue weighted by Crippen LogP contribution is -2.22. The standard InChI is InChI=1S/C13H19NO2/c1-3-9-7-10(9)14-8(2)13-11(15)5-4-6-12(13)16/h4-6,8-10,14-16H,3,7H2,1-2H3. The van der Waals surface area contributed by atoms with E-state index in [2.05, 4.69) is 12.2 Å². The van der Waals surface area contributed by atoms with Gasteiger partial charge in [-0.1, -0.05) is 19.4 Å². The molecule has 2 rings (SSSR count). The molecule has 1 aliphatic rings. The second-order valence-corrected chi connectivity index (χ2v) is 4.61. The molecule has 0 aromatic heterocycles. The van der Waals surface area contributed by atoms with Crippen molar-refractivity contribution in [3.8, 4) is 11.5 Å². The van der Waals surface area contributed by atoms with Gasteiger partial charge < -0.3 is 15.5 Å². The summed E-state index contributed by atoms with van der Waals surface area (Å²) in [7, 11) is 0. The van der Waals surface area contributed by atoms with E-state index in [4.69, 9.17) is 0 Å². The monoisotopic (exact) mass is 221 g/mol. The van der Waals surface area contributed by atoms with E-state index in [1.807, 2.05) is 6.92 Å². The van der Waals surface area contributed by atoms with E-state index in [-0.39, 0.29) is 17.5 Å². The van der Waals surface area contributed by atoms with Crippen molar-refractivity contribution >= 4 is 0 Å². The topological polar surface area (TPSA) is 52.5 Å². The fourth-order valence-corrected chi connectivity index (χ4v) is 2.29. The Morgan fingerprint density at radius 2 is 2.00 bits per heavy atom. The van der Waals surface area contributed by atoms with Gasteiger partial charge in [-0.25, -0.2) is 0 Å². The minimum Gasteiger partial charge on any atom is -0.507 e. The first-order valence-electron chi connectivity index (χ1n) is 5.90. The summed E-state index contributed by atoms with van der Waals surface area (Å²) in [6, 6.07) is 5.39. The van der Waals surface area contributed by atoms with Crippen molar-refractivity contribution in [3.05, 3.63) is 23.8 Å². The van der Waals surface area contributed by atoms with Crippen molar-refractivity contribution in [1.82, 2.24) is 5.32 Å². The molecule has 1 fully saturated rings. The molecule has 0 amide bonds. The second-order valence-electron chi connectivity index (χ2n) is 4.61. The maximum absolute atomic E-state index is 9.72. The van der Waals surface area contributed by atoms with Crippen molar-refractivity contribution in [2.45, 2.75) is 38.8 Å². The van der Waals surface area contributed by atoms with Gasteiger partial charge in [-0.15, -0.1) is 0 Å². The first-order valence-corrected chi connectivity index (χ1v) is 5.90. The molecule has 0 aliphatic heterocycles. The predicted molar refractivity (Wildman–Crippen MR) is 63.5 cm³/mol. The van der Waals surface area contributed by atoms with Gasteiger partial charge in [0.1, 0.15) is 11.5 Å². The summed E-state index contributed by atoms with van der Waals surface area (Å²) in [5.74, 6) is 1.08. The summed E-state index contributed by atoms with van der Waals surface area (Å²) in [5, 5.41) is 22.9. The average molecular weight is 221 g/mol. The van der Waals surface area contributed by atoms with Crippen LogP contribution < -0.4 is 5.32 Å². The molecule has 0 radical (unpaired) electrons. The largest absolute Gasteiger partial charge is 0.507 e. The number of aromatic hydroxyl groups is 2. The Balaban J connectivity index is 2.06. The molecular weight excluding hydrogens is 202 g/mol. The van der Waals surface area contributed by atoms with Gasteiger partial charge in [-0.3, -0.25) is 0 Å². The molecule has 3 nitrogen and oxygen atoms in total. The maximum Gasteiger partial charge on any atom is 0.124 e. The molecule has 1 saturated carbocycles. The Morgan fingerprint density at radius 3 is 2.50 bits per heavy atom. The van der Waals surface area contributed by atoms with Gasteiger partial charge in [-0.2, -0.15) is 0 Å². The molecule has 3 unspecified atom stereocenters. The van der Waals surface area contributed by atoms with Gasteiger partial charge in [0.2, 0.25) is 0 Å². The van der Waals surface area contributed by atoms with Gasteiger partial charge in [0, 0.05) is 12.1 Å². The highest BCUT2D eigenvalue weighted by Gasteiger charge is 2.36. The zero-order chi connectivity index (χ0) is 11.7. The minimum atomic E-state index is -0.0113. The van der Waals surface area contributed by atoms with E-state index in [9.17, 15) is 10.2 Å². The maximum atomic E-state index is 9.72. The van der Waals surface area contributed by atoms with Crippen LogP contribution in [0.3, 0.4) is 0 Å². The summed E-state index contributed by atoms with van der Waals surface area (Å²) < 4.78 is 0. The lowest BCUT2D eigenvalue weighted by molar-refractivity contribution is 0.415. The van der Waals surface area contributed by atoms with Crippen molar-refractivity contribution in [2.75, 3.05) is 0 Å². The van der Waals surface area contributed by atoms with E-state index >= 15 is 0 Å². The van der Waals surface area contributed by atoms with Crippen molar-refractivity contribution < 1.29 is 10.2 Å². The van der Waals surface area contributed by atoms with E-state index in [0.717, 1.165) is 5.92 Å². The summed E-state index contributed by atoms with van der Waals surface area (Å²) in [6.45, 7) is 4.16. The second kappa shape index (κ2) is 4.34. The smallest absolute Gasteiger partial charge is 0.124 e. The third kappa shape index (κ3) is 2.14. The first-order chi connectivity index (χ1) is 7.63. The predicted octanol–water partition coefficient (Wildman–Crippen LogP) is 2.55. The van der Waals surface area contributed by atoms with Crippen LogP contribution in [-0.4, -0.2) is 16.3 Å². The Kier molecular flexibility index (Phi) is 3.06. The molecule has 1 aromatic carbocycles. The number of phenols is 2. The fourth-order valence-electron chi connectivity index (χ4n) is 2.29. The number of hydrogen-bond donors (Lipinski definition) is 3. The third-order valence-corrected chi connectivity index (χ3v) is 3.40. The van der Waals surface area contributed by atoms with E-state index in [1.54, 1.807) is 18.2 Å². The minimum absolute atomic E-state index is 0.0113. The molecule has 0 saturated heterocycles. The van der Waals surface area contributed by atoms with Crippen LogP contribution in [0, 0.1) is 5.92 Å². The summed E-state index contributed by atoms with van der Waals surface area (Å²) >= 11 is 0. The molecule has 3 N–H and O–H groups in total. The Hall–Kier alpha value is -1.22. The van der Waals surface area contributed by atoms with Crippen LogP contribution in [0.15, 0.2) is 18.2 Å². The van der Waals surface area contributed by atoms with Gasteiger partial charge in [0.25, 0.3) is 0 Å². The van der Waals surface area contributed by atoms with E-state index in [0.29, 0.717) is 11.6 Å². The van der Waals surface area contributed by atoms with Crippen LogP contribution in [0.1, 0.15) is 38.3 Å². The molecule has 0 spiro atoms. The van der Waals surface area contributed by atoms with Crippen molar-refractivity contribution in [2.24, 2.45) is 5.92 Å². The van der Waals surface area contributed by atoms with Crippen molar-refractivity contribution in [1.29, 1.82) is 0 Å². The number of phenolic OH excluding ortho intramolecular Hbond substituents is 2. The molecule has 0 bridgehead atoms. The van der Waals surface area contributed by atoms with Gasteiger partial charge in [-0.05, 0) is 31.4 Å². The average Bonchev–Trinajstić information content (AvgIpc) is 2.96. The summed E-state index contributed by atoms with van der Waals surface area (Å²) in [6.07, 6.45) is 2.40. The van der Waals surface area contributed by atoms with E-state index in [1.165, 1.54) is 12.8 Å². The molecule has 88 valence electrons. The molecule has 3 atom stereocenters. The lowest BCUT2D eigenvalue weighted by Gasteiger charge is -2.16. The van der Waals surface area contributed by atoms with Crippen LogP contribution in [0.2, 0.25) is 0 Å². The summed E-state index contributed by atoms with van der Waals surface area (Å²) in [5.41, 5.74) is 0.601. The van der Waals surface area contributed by atoms with Crippen LogP contribution >= 0.6 is 0 Å². The lowest BCUT2D eigenvalue weighted by atomic mass is 10.1. The number of hydrogen-bond acceptors (Lipinski definition) is 3. The highest BCUT2D eigenvalue weighted by molar-refractivity contribution is 5.45. The van der Waals surface area contributed by atoms with Gasteiger partial charge in [0.15, 0.2) is 0 Å². The van der Waals surface area contributed by atoms with Crippen LogP contribution in [0.25, 0.3) is 0 Å². The number of rotatable bonds is 4. The van der Waals surface area contributed by atoms with Crippen LogP contribution in [0.4, 0.5) is 0 Å². The Bertz CT molecular complexity index is 358. The zero-order valence-corrected chi connectivity index (χ0v) is 9.77. The molecule has 3 heteroatoms. The molecule has 1 aliphatic carbocycles. The number of nitrogens with one attached hydrogen (secondary N) is 1. The highest BCUT2D eigenvalue weighted by Crippen LogP contribution is 2.38. The fraction of sp³-hybridized carbons (Fsp3) is 0.538. The zero-order valence-electron chi connectivity index (χ0n) is 9.77. The van der Waals surface area contributed by atoms with Crippen molar-refractivity contribution in [3.63, 3.8) is 0 Å². The van der Waals surface area contributed by atoms with Gasteiger partial charge in [0.05, 0.1) is 5.56 Å². The SMILES string of the molecule is CCC1CC1NC(C)c1c(O)cccc1O. The normalized spacial score (nSPS) is 25.4. The Labute approximate surface area is 96.1 Å². The quantitative estimate of drug-likeness (QED) is 0.732. The third-order valence-electron chi connectivity index (χ3n) is 3.40. The molecule has 16 heavy (non-hydrogen) atoms. The first kappa shape index (κ1) is 11.3. The molecule has 0 heterocycles. The van der Waals surface area contributed by atoms with E-state index < -0.39 is 0 Å². The van der Waals surface area contributed by atoms with Gasteiger partial charge >= 0.3 is 0 Å². The molecule has 1 aromatic rings. The highest BCUT2D eigenvalue weighted by atomic mass is 16.3. The number of benzene rings is 1. The Morgan fingerprint density at radius 1 is 1.38 bits per heavy atom. The molecular formula is C13H19NO2. The van der Waals surface area contributed by atoms with Crippen LogP contribution in [-0.2, 0) is 0 Å².